The Bertz CT molecular complexity index is 770. The van der Waals surface area contributed by atoms with Gasteiger partial charge in [-0.3, -0.25) is 0 Å². The minimum Gasteiger partial charge on any atom is -0.460 e. The summed E-state index contributed by atoms with van der Waals surface area (Å²) in [6.07, 6.45) is 1.03. The lowest BCUT2D eigenvalue weighted by Crippen LogP contribution is -2.16. The summed E-state index contributed by atoms with van der Waals surface area (Å²) in [6, 6.07) is 20.8. The Morgan fingerprint density at radius 1 is 1.00 bits per heavy atom. The molecule has 1 aromatic heterocycles. The summed E-state index contributed by atoms with van der Waals surface area (Å²) in [6.45, 7) is 3.79. The Kier molecular flexibility index (Phi) is 7.10. The molecular weight excluding hydrogens is 386 g/mol. The SMILES string of the molecule is Cc1cc(Br)ccc1-c1ccc(CNCCc2ccccc2)o1.Cl. The van der Waals surface area contributed by atoms with E-state index in [1.165, 1.54) is 11.1 Å². The first-order valence-corrected chi connectivity index (χ1v) is 8.61. The smallest absolute Gasteiger partial charge is 0.134 e. The molecule has 2 nitrogen and oxygen atoms in total. The Morgan fingerprint density at radius 2 is 1.79 bits per heavy atom. The third kappa shape index (κ3) is 4.97. The van der Waals surface area contributed by atoms with Crippen LogP contribution in [-0.2, 0) is 13.0 Å². The molecule has 0 saturated carbocycles. The topological polar surface area (TPSA) is 25.2 Å². The van der Waals surface area contributed by atoms with Gasteiger partial charge in [0.15, 0.2) is 0 Å². The molecule has 0 bridgehead atoms. The molecule has 0 aliphatic rings. The molecule has 4 heteroatoms. The van der Waals surface area contributed by atoms with Crippen LogP contribution in [0.4, 0.5) is 0 Å². The van der Waals surface area contributed by atoms with E-state index in [1.807, 2.05) is 24.3 Å². The van der Waals surface area contributed by atoms with Crippen LogP contribution in [0.3, 0.4) is 0 Å². The largest absolute Gasteiger partial charge is 0.460 e. The Balaban J connectivity index is 0.00000208. The Hall–Kier alpha value is -1.55. The van der Waals surface area contributed by atoms with E-state index in [4.69, 9.17) is 4.42 Å². The van der Waals surface area contributed by atoms with Crippen LogP contribution < -0.4 is 5.32 Å². The number of benzene rings is 2. The highest BCUT2D eigenvalue weighted by atomic mass is 79.9. The lowest BCUT2D eigenvalue weighted by molar-refractivity contribution is 0.494. The van der Waals surface area contributed by atoms with Crippen molar-refractivity contribution in [2.45, 2.75) is 19.9 Å². The van der Waals surface area contributed by atoms with Gasteiger partial charge in [-0.2, -0.15) is 0 Å². The maximum atomic E-state index is 5.96. The Labute approximate surface area is 157 Å². The summed E-state index contributed by atoms with van der Waals surface area (Å²) >= 11 is 3.49. The number of nitrogens with one attached hydrogen (secondary N) is 1. The second-order valence-corrected chi connectivity index (χ2v) is 6.55. The first-order chi connectivity index (χ1) is 11.2. The summed E-state index contributed by atoms with van der Waals surface area (Å²) in [5, 5.41) is 3.44. The third-order valence-electron chi connectivity index (χ3n) is 3.85. The molecule has 126 valence electrons. The number of hydrogen-bond donors (Lipinski definition) is 1. The molecule has 2 aromatic carbocycles. The van der Waals surface area contributed by atoms with Crippen molar-refractivity contribution in [3.05, 3.63) is 82.0 Å². The third-order valence-corrected chi connectivity index (χ3v) is 4.34. The molecular formula is C20H21BrClNO. The van der Waals surface area contributed by atoms with Crippen LogP contribution in [0.15, 0.2) is 69.6 Å². The van der Waals surface area contributed by atoms with Gasteiger partial charge in [0, 0.05) is 10.0 Å². The van der Waals surface area contributed by atoms with E-state index in [1.54, 1.807) is 0 Å². The average Bonchev–Trinajstić information content (AvgIpc) is 3.01. The van der Waals surface area contributed by atoms with Gasteiger partial charge in [0.2, 0.25) is 0 Å². The minimum absolute atomic E-state index is 0. The van der Waals surface area contributed by atoms with E-state index in [0.717, 1.165) is 41.1 Å². The fourth-order valence-electron chi connectivity index (χ4n) is 2.61. The van der Waals surface area contributed by atoms with Crippen molar-refractivity contribution in [3.63, 3.8) is 0 Å². The van der Waals surface area contributed by atoms with Crippen LogP contribution >= 0.6 is 28.3 Å². The van der Waals surface area contributed by atoms with Gasteiger partial charge in [-0.15, -0.1) is 12.4 Å². The van der Waals surface area contributed by atoms with Gasteiger partial charge in [-0.05, 0) is 61.3 Å². The highest BCUT2D eigenvalue weighted by molar-refractivity contribution is 9.10. The van der Waals surface area contributed by atoms with Crippen LogP contribution in [0.25, 0.3) is 11.3 Å². The fraction of sp³-hybridized carbons (Fsp3) is 0.200. The van der Waals surface area contributed by atoms with E-state index in [-0.39, 0.29) is 12.4 Å². The zero-order valence-corrected chi connectivity index (χ0v) is 16.0. The molecule has 24 heavy (non-hydrogen) atoms. The summed E-state index contributed by atoms with van der Waals surface area (Å²) in [5.41, 5.74) is 3.70. The van der Waals surface area contributed by atoms with Crippen LogP contribution in [0.2, 0.25) is 0 Å². The molecule has 0 aliphatic heterocycles. The number of aryl methyl sites for hydroxylation is 1. The van der Waals surface area contributed by atoms with Crippen molar-refractivity contribution in [1.29, 1.82) is 0 Å². The van der Waals surface area contributed by atoms with E-state index >= 15 is 0 Å². The highest BCUT2D eigenvalue weighted by Crippen LogP contribution is 2.27. The molecule has 0 spiro atoms. The highest BCUT2D eigenvalue weighted by Gasteiger charge is 2.07. The first kappa shape index (κ1) is 18.8. The molecule has 0 atom stereocenters. The number of rotatable bonds is 6. The van der Waals surface area contributed by atoms with E-state index in [2.05, 4.69) is 64.6 Å². The zero-order chi connectivity index (χ0) is 16.1. The normalized spacial score (nSPS) is 10.4. The number of halogens is 2. The van der Waals surface area contributed by atoms with Gasteiger partial charge >= 0.3 is 0 Å². The first-order valence-electron chi connectivity index (χ1n) is 7.82. The summed E-state index contributed by atoms with van der Waals surface area (Å²) in [4.78, 5) is 0. The van der Waals surface area contributed by atoms with Crippen molar-refractivity contribution in [2.24, 2.45) is 0 Å². The molecule has 0 amide bonds. The van der Waals surface area contributed by atoms with E-state index < -0.39 is 0 Å². The molecule has 0 aliphatic carbocycles. The van der Waals surface area contributed by atoms with Gasteiger partial charge in [-0.1, -0.05) is 46.3 Å². The summed E-state index contributed by atoms with van der Waals surface area (Å²) in [7, 11) is 0. The molecule has 3 aromatic rings. The molecule has 1 N–H and O–H groups in total. The van der Waals surface area contributed by atoms with Gasteiger partial charge in [0.25, 0.3) is 0 Å². The van der Waals surface area contributed by atoms with Crippen LogP contribution in [0, 0.1) is 6.92 Å². The van der Waals surface area contributed by atoms with E-state index in [9.17, 15) is 0 Å². The molecule has 0 fully saturated rings. The van der Waals surface area contributed by atoms with Crippen molar-refractivity contribution in [2.75, 3.05) is 6.54 Å². The average molecular weight is 407 g/mol. The zero-order valence-electron chi connectivity index (χ0n) is 13.6. The predicted molar refractivity (Wildman–Crippen MR) is 106 cm³/mol. The second kappa shape index (κ2) is 9.07. The van der Waals surface area contributed by atoms with Crippen molar-refractivity contribution in [3.8, 4) is 11.3 Å². The van der Waals surface area contributed by atoms with Gasteiger partial charge in [0.1, 0.15) is 11.5 Å². The van der Waals surface area contributed by atoms with E-state index in [0.29, 0.717) is 0 Å². The van der Waals surface area contributed by atoms with Crippen molar-refractivity contribution < 1.29 is 4.42 Å². The monoisotopic (exact) mass is 405 g/mol. The van der Waals surface area contributed by atoms with Crippen LogP contribution in [0.5, 0.6) is 0 Å². The van der Waals surface area contributed by atoms with Gasteiger partial charge in [-0.25, -0.2) is 0 Å². The molecule has 0 saturated heterocycles. The molecule has 3 rings (SSSR count). The molecule has 0 radical (unpaired) electrons. The predicted octanol–water partition coefficient (Wildman–Crippen LogP) is 5.77. The van der Waals surface area contributed by atoms with Crippen molar-refractivity contribution in [1.82, 2.24) is 5.32 Å². The lowest BCUT2D eigenvalue weighted by atomic mass is 10.1. The fourth-order valence-corrected chi connectivity index (χ4v) is 3.09. The number of hydrogen-bond acceptors (Lipinski definition) is 2. The number of furan rings is 1. The maximum absolute atomic E-state index is 5.96. The molecule has 1 heterocycles. The standard InChI is InChI=1S/C20H20BrNO.ClH/c1-15-13-17(21)7-9-19(15)20-10-8-18(23-20)14-22-12-11-16-5-3-2-4-6-16;/h2-10,13,22H,11-12,14H2,1H3;1H. The lowest BCUT2D eigenvalue weighted by Gasteiger charge is -2.04. The Morgan fingerprint density at radius 3 is 2.54 bits per heavy atom. The second-order valence-electron chi connectivity index (χ2n) is 5.64. The molecule has 0 unspecified atom stereocenters. The summed E-state index contributed by atoms with van der Waals surface area (Å²) in [5.74, 6) is 1.89. The quantitative estimate of drug-likeness (QED) is 0.526. The van der Waals surface area contributed by atoms with Crippen molar-refractivity contribution >= 4 is 28.3 Å². The van der Waals surface area contributed by atoms with Gasteiger partial charge in [0.05, 0.1) is 6.54 Å². The van der Waals surface area contributed by atoms with Crippen LogP contribution in [0.1, 0.15) is 16.9 Å². The van der Waals surface area contributed by atoms with Crippen LogP contribution in [-0.4, -0.2) is 6.54 Å². The summed E-state index contributed by atoms with van der Waals surface area (Å²) < 4.78 is 7.06. The maximum Gasteiger partial charge on any atom is 0.134 e. The van der Waals surface area contributed by atoms with Gasteiger partial charge < -0.3 is 9.73 Å². The minimum atomic E-state index is 0.